The molecule has 0 amide bonds. The molecule has 0 atom stereocenters. The molecule has 3 nitrogen and oxygen atoms in total. The number of aldehydes is 1. The van der Waals surface area contributed by atoms with Crippen molar-refractivity contribution in [2.45, 2.75) is 6.92 Å². The van der Waals surface area contributed by atoms with Gasteiger partial charge in [-0.25, -0.2) is 0 Å². The van der Waals surface area contributed by atoms with Crippen molar-refractivity contribution in [3.05, 3.63) is 29.8 Å². The van der Waals surface area contributed by atoms with Gasteiger partial charge in [0.25, 0.3) is 5.17 Å². The highest BCUT2D eigenvalue weighted by atomic mass is 32.1. The fourth-order valence-electron chi connectivity index (χ4n) is 1.21. The van der Waals surface area contributed by atoms with Gasteiger partial charge in [-0.2, -0.15) is 0 Å². The minimum atomic E-state index is 0.367. The average molecular weight is 223 g/mol. The Kier molecular flexibility index (Phi) is 4.24. The summed E-state index contributed by atoms with van der Waals surface area (Å²) in [6.45, 7) is 2.39. The first kappa shape index (κ1) is 11.7. The van der Waals surface area contributed by atoms with Crippen molar-refractivity contribution in [2.24, 2.45) is 0 Å². The van der Waals surface area contributed by atoms with E-state index in [1.165, 1.54) is 0 Å². The molecule has 80 valence electrons. The predicted octanol–water partition coefficient (Wildman–Crippen LogP) is 2.26. The lowest BCUT2D eigenvalue weighted by atomic mass is 10.2. The summed E-state index contributed by atoms with van der Waals surface area (Å²) >= 11 is 5.05. The van der Waals surface area contributed by atoms with Crippen LogP contribution >= 0.6 is 12.2 Å². The summed E-state index contributed by atoms with van der Waals surface area (Å²) in [6.07, 6.45) is 0.806. The van der Waals surface area contributed by atoms with Gasteiger partial charge < -0.3 is 9.64 Å². The Morgan fingerprint density at radius 1 is 1.53 bits per heavy atom. The lowest BCUT2D eigenvalue weighted by molar-refractivity contribution is 0.112. The fraction of sp³-hybridized carbons (Fsp3) is 0.273. The molecule has 0 radical (unpaired) electrons. The minimum absolute atomic E-state index is 0.367. The number of hydrogen-bond acceptors (Lipinski definition) is 3. The molecule has 0 saturated heterocycles. The number of anilines is 1. The molecule has 1 rings (SSSR count). The molecule has 4 heteroatoms. The maximum Gasteiger partial charge on any atom is 0.263 e. The largest absolute Gasteiger partial charge is 0.471 e. The molecule has 1 aromatic rings. The van der Waals surface area contributed by atoms with E-state index >= 15 is 0 Å². The minimum Gasteiger partial charge on any atom is -0.471 e. The Balaban J connectivity index is 2.94. The molecule has 0 aliphatic rings. The maximum atomic E-state index is 10.8. The van der Waals surface area contributed by atoms with E-state index in [-0.39, 0.29) is 0 Å². The molecule has 1 aromatic carbocycles. The lowest BCUT2D eigenvalue weighted by Gasteiger charge is -2.20. The molecule has 15 heavy (non-hydrogen) atoms. The standard InChI is InChI=1S/C11H13NO2S/c1-3-14-11(15)12(2)10-7-5-4-6-9(10)8-13/h4-8H,3H2,1-2H3. The van der Waals surface area contributed by atoms with Gasteiger partial charge in [-0.3, -0.25) is 4.79 Å². The van der Waals surface area contributed by atoms with Gasteiger partial charge in [0, 0.05) is 12.6 Å². The van der Waals surface area contributed by atoms with Gasteiger partial charge in [-0.1, -0.05) is 12.1 Å². The smallest absolute Gasteiger partial charge is 0.263 e. The number of thiocarbonyl (C=S) groups is 1. The van der Waals surface area contributed by atoms with Crippen molar-refractivity contribution in [1.29, 1.82) is 0 Å². The van der Waals surface area contributed by atoms with Crippen LogP contribution in [0, 0.1) is 0 Å². The quantitative estimate of drug-likeness (QED) is 0.580. The number of ether oxygens (including phenoxy) is 1. The van der Waals surface area contributed by atoms with Crippen molar-refractivity contribution < 1.29 is 9.53 Å². The van der Waals surface area contributed by atoms with E-state index in [0.717, 1.165) is 12.0 Å². The van der Waals surface area contributed by atoms with Crippen LogP contribution in [0.15, 0.2) is 24.3 Å². The zero-order valence-electron chi connectivity index (χ0n) is 8.77. The van der Waals surface area contributed by atoms with Gasteiger partial charge in [0.1, 0.15) is 0 Å². The van der Waals surface area contributed by atoms with E-state index in [1.807, 2.05) is 25.1 Å². The van der Waals surface area contributed by atoms with E-state index in [2.05, 4.69) is 0 Å². The summed E-state index contributed by atoms with van der Waals surface area (Å²) in [6, 6.07) is 7.24. The highest BCUT2D eigenvalue weighted by molar-refractivity contribution is 7.80. The lowest BCUT2D eigenvalue weighted by Crippen LogP contribution is -2.27. The Bertz CT molecular complexity index is 365. The molecule has 0 spiro atoms. The van der Waals surface area contributed by atoms with Crippen LogP contribution in [0.5, 0.6) is 0 Å². The molecule has 0 aromatic heterocycles. The molecular weight excluding hydrogens is 210 g/mol. The van der Waals surface area contributed by atoms with E-state index in [9.17, 15) is 4.79 Å². The topological polar surface area (TPSA) is 29.5 Å². The predicted molar refractivity (Wildman–Crippen MR) is 64.5 cm³/mol. The number of nitrogens with zero attached hydrogens (tertiary/aromatic N) is 1. The van der Waals surface area contributed by atoms with Gasteiger partial charge >= 0.3 is 0 Å². The summed E-state index contributed by atoms with van der Waals surface area (Å²) in [5, 5.41) is 0.367. The monoisotopic (exact) mass is 223 g/mol. The zero-order chi connectivity index (χ0) is 11.3. The molecule has 0 saturated carbocycles. The molecule has 0 heterocycles. The Labute approximate surface area is 94.6 Å². The summed E-state index contributed by atoms with van der Waals surface area (Å²) in [7, 11) is 1.78. The molecule has 0 N–H and O–H groups in total. The van der Waals surface area contributed by atoms with Gasteiger partial charge in [0.15, 0.2) is 6.29 Å². The van der Waals surface area contributed by atoms with E-state index < -0.39 is 0 Å². The van der Waals surface area contributed by atoms with Crippen molar-refractivity contribution >= 4 is 29.4 Å². The average Bonchev–Trinajstić information content (AvgIpc) is 2.28. The van der Waals surface area contributed by atoms with Gasteiger partial charge in [-0.15, -0.1) is 0 Å². The molecular formula is C11H13NO2S. The van der Waals surface area contributed by atoms with Crippen molar-refractivity contribution in [2.75, 3.05) is 18.6 Å². The number of carbonyl (C=O) groups is 1. The van der Waals surface area contributed by atoms with E-state index in [0.29, 0.717) is 17.3 Å². The molecule has 0 aliphatic carbocycles. The Morgan fingerprint density at radius 3 is 2.80 bits per heavy atom. The Hall–Kier alpha value is -1.42. The second-order valence-electron chi connectivity index (χ2n) is 2.93. The SMILES string of the molecule is CCOC(=S)N(C)c1ccccc1C=O. The third-order valence-electron chi connectivity index (χ3n) is 1.97. The second-order valence-corrected chi connectivity index (χ2v) is 3.28. The van der Waals surface area contributed by atoms with Crippen LogP contribution in [-0.2, 0) is 4.74 Å². The summed E-state index contributed by atoms with van der Waals surface area (Å²) in [5.74, 6) is 0. The molecule has 0 unspecified atom stereocenters. The molecule has 0 aliphatic heterocycles. The fourth-order valence-corrected chi connectivity index (χ4v) is 1.43. The highest BCUT2D eigenvalue weighted by Crippen LogP contribution is 2.17. The number of carbonyl (C=O) groups excluding carboxylic acids is 1. The van der Waals surface area contributed by atoms with Gasteiger partial charge in [0.05, 0.1) is 12.3 Å². The summed E-state index contributed by atoms with van der Waals surface area (Å²) in [5.41, 5.74) is 1.35. The molecule has 0 bridgehead atoms. The van der Waals surface area contributed by atoms with Gasteiger partial charge in [-0.05, 0) is 31.3 Å². The Morgan fingerprint density at radius 2 is 2.20 bits per heavy atom. The van der Waals surface area contributed by atoms with E-state index in [4.69, 9.17) is 17.0 Å². The van der Waals surface area contributed by atoms with Crippen molar-refractivity contribution in [3.8, 4) is 0 Å². The third kappa shape index (κ3) is 2.76. The van der Waals surface area contributed by atoms with Crippen LogP contribution in [0.2, 0.25) is 0 Å². The van der Waals surface area contributed by atoms with Crippen molar-refractivity contribution in [1.82, 2.24) is 0 Å². The first-order chi connectivity index (χ1) is 7.20. The number of rotatable bonds is 3. The molecule has 0 fully saturated rings. The number of benzene rings is 1. The van der Waals surface area contributed by atoms with Crippen LogP contribution in [-0.4, -0.2) is 25.1 Å². The van der Waals surface area contributed by atoms with Crippen LogP contribution in [0.3, 0.4) is 0 Å². The van der Waals surface area contributed by atoms with Crippen molar-refractivity contribution in [3.63, 3.8) is 0 Å². The maximum absolute atomic E-state index is 10.8. The number of para-hydroxylation sites is 1. The second kappa shape index (κ2) is 5.46. The van der Waals surface area contributed by atoms with E-state index in [1.54, 1.807) is 18.0 Å². The van der Waals surface area contributed by atoms with Crippen LogP contribution in [0.4, 0.5) is 5.69 Å². The third-order valence-corrected chi connectivity index (χ3v) is 2.36. The normalized spacial score (nSPS) is 9.47. The van der Waals surface area contributed by atoms with Gasteiger partial charge in [0.2, 0.25) is 0 Å². The van der Waals surface area contributed by atoms with Crippen LogP contribution in [0.25, 0.3) is 0 Å². The van der Waals surface area contributed by atoms with Crippen LogP contribution < -0.4 is 4.90 Å². The highest BCUT2D eigenvalue weighted by Gasteiger charge is 2.10. The summed E-state index contributed by atoms with van der Waals surface area (Å²) < 4.78 is 5.20. The summed E-state index contributed by atoms with van der Waals surface area (Å²) in [4.78, 5) is 12.5. The van der Waals surface area contributed by atoms with Crippen LogP contribution in [0.1, 0.15) is 17.3 Å². The number of hydrogen-bond donors (Lipinski definition) is 0. The first-order valence-corrected chi connectivity index (χ1v) is 5.06. The first-order valence-electron chi connectivity index (χ1n) is 4.65. The zero-order valence-corrected chi connectivity index (χ0v) is 9.58.